The molecule has 2 aromatic rings. The lowest BCUT2D eigenvalue weighted by Gasteiger charge is -2.27. The van der Waals surface area contributed by atoms with E-state index in [0.717, 1.165) is 25.6 Å². The molecule has 8 heteroatoms. The van der Waals surface area contributed by atoms with Crippen LogP contribution in [0.3, 0.4) is 0 Å². The molecule has 1 aromatic carbocycles. The lowest BCUT2D eigenvalue weighted by molar-refractivity contribution is 0.0994. The molecule has 1 aliphatic heterocycles. The van der Waals surface area contributed by atoms with Crippen LogP contribution in [0.1, 0.15) is 24.2 Å². The van der Waals surface area contributed by atoms with Gasteiger partial charge in [0.05, 0.1) is 18.5 Å². The molecule has 1 atom stereocenters. The lowest BCUT2D eigenvalue weighted by atomic mass is 10.1. The molecule has 1 aliphatic rings. The smallest absolute Gasteiger partial charge is 0.228 e. The number of benzene rings is 1. The topological polar surface area (TPSA) is 60.2 Å². The molecular weight excluding hydrogens is 343 g/mol. The molecule has 0 spiro atoms. The van der Waals surface area contributed by atoms with Crippen molar-refractivity contribution in [1.29, 1.82) is 0 Å². The second kappa shape index (κ2) is 7.97. The number of carbonyl (C=O) groups is 1. The molecule has 1 saturated heterocycles. The minimum Gasteiger partial charge on any atom is -0.378 e. The van der Waals surface area contributed by atoms with Crippen LogP contribution in [-0.4, -0.2) is 52.1 Å². The Hall–Kier alpha value is -1.93. The number of hydrogen-bond acceptors (Lipinski definition) is 6. The highest BCUT2D eigenvalue weighted by atomic mass is 32.2. The van der Waals surface area contributed by atoms with E-state index < -0.39 is 0 Å². The Labute approximate surface area is 150 Å². The molecule has 0 radical (unpaired) electrons. The van der Waals surface area contributed by atoms with Gasteiger partial charge in [0.2, 0.25) is 5.95 Å². The number of halogens is 1. The lowest BCUT2D eigenvalue weighted by Crippen LogP contribution is -2.38. The first-order valence-corrected chi connectivity index (χ1v) is 9.20. The summed E-state index contributed by atoms with van der Waals surface area (Å²) in [7, 11) is 0. The van der Waals surface area contributed by atoms with Gasteiger partial charge in [0.15, 0.2) is 10.9 Å². The summed E-state index contributed by atoms with van der Waals surface area (Å²) < 4.78 is 20.4. The van der Waals surface area contributed by atoms with Gasteiger partial charge in [-0.1, -0.05) is 11.8 Å². The second-order valence-corrected chi connectivity index (χ2v) is 7.07. The summed E-state index contributed by atoms with van der Waals surface area (Å²) in [4.78, 5) is 14.7. The van der Waals surface area contributed by atoms with Crippen LogP contribution in [0.15, 0.2) is 29.4 Å². The monoisotopic (exact) mass is 364 g/mol. The Morgan fingerprint density at radius 1 is 1.28 bits per heavy atom. The summed E-state index contributed by atoms with van der Waals surface area (Å²) in [5.74, 6) is 0.413. The van der Waals surface area contributed by atoms with Crippen molar-refractivity contribution in [3.63, 3.8) is 0 Å². The van der Waals surface area contributed by atoms with Crippen molar-refractivity contribution in [1.82, 2.24) is 14.8 Å². The number of ketones is 1. The fraction of sp³-hybridized carbons (Fsp3) is 0.471. The van der Waals surface area contributed by atoms with Crippen molar-refractivity contribution >= 4 is 23.5 Å². The Morgan fingerprint density at radius 2 is 1.96 bits per heavy atom. The van der Waals surface area contributed by atoms with Crippen molar-refractivity contribution < 1.29 is 13.9 Å². The van der Waals surface area contributed by atoms with Crippen molar-refractivity contribution in [2.45, 2.75) is 30.8 Å². The predicted molar refractivity (Wildman–Crippen MR) is 94.8 cm³/mol. The van der Waals surface area contributed by atoms with Gasteiger partial charge < -0.3 is 9.64 Å². The highest BCUT2D eigenvalue weighted by molar-refractivity contribution is 8.00. The van der Waals surface area contributed by atoms with Crippen LogP contribution >= 0.6 is 11.8 Å². The van der Waals surface area contributed by atoms with Crippen molar-refractivity contribution in [2.75, 3.05) is 31.2 Å². The molecule has 1 unspecified atom stereocenters. The molecule has 25 heavy (non-hydrogen) atoms. The first-order valence-electron chi connectivity index (χ1n) is 8.32. The third kappa shape index (κ3) is 4.01. The molecule has 1 aromatic heterocycles. The fourth-order valence-corrected chi connectivity index (χ4v) is 3.69. The molecule has 0 bridgehead atoms. The van der Waals surface area contributed by atoms with E-state index in [2.05, 4.69) is 15.1 Å². The van der Waals surface area contributed by atoms with Crippen LogP contribution in [0.4, 0.5) is 10.3 Å². The number of rotatable bonds is 6. The van der Waals surface area contributed by atoms with Gasteiger partial charge >= 0.3 is 0 Å². The highest BCUT2D eigenvalue weighted by Gasteiger charge is 2.23. The normalized spacial score (nSPS) is 16.0. The van der Waals surface area contributed by atoms with Crippen molar-refractivity contribution in [3.8, 4) is 0 Å². The molecule has 2 heterocycles. The number of carbonyl (C=O) groups excluding carboxylic acids is 1. The van der Waals surface area contributed by atoms with Gasteiger partial charge in [0, 0.05) is 25.2 Å². The average molecular weight is 364 g/mol. The summed E-state index contributed by atoms with van der Waals surface area (Å²) in [6.07, 6.45) is 0. The van der Waals surface area contributed by atoms with Gasteiger partial charge in [-0.3, -0.25) is 9.36 Å². The van der Waals surface area contributed by atoms with E-state index in [0.29, 0.717) is 23.9 Å². The zero-order valence-electron chi connectivity index (χ0n) is 14.3. The van der Waals surface area contributed by atoms with Crippen molar-refractivity contribution in [2.24, 2.45) is 0 Å². The molecule has 6 nitrogen and oxygen atoms in total. The molecule has 1 fully saturated rings. The van der Waals surface area contributed by atoms with Crippen molar-refractivity contribution in [3.05, 3.63) is 35.6 Å². The van der Waals surface area contributed by atoms with Gasteiger partial charge in [0.25, 0.3) is 0 Å². The summed E-state index contributed by atoms with van der Waals surface area (Å²) >= 11 is 1.37. The first kappa shape index (κ1) is 17.9. The number of nitrogens with zero attached hydrogens (tertiary/aromatic N) is 4. The van der Waals surface area contributed by atoms with Gasteiger partial charge in [0.1, 0.15) is 5.82 Å². The zero-order chi connectivity index (χ0) is 17.8. The first-order chi connectivity index (χ1) is 12.1. The van der Waals surface area contributed by atoms with Gasteiger partial charge in [-0.15, -0.1) is 10.2 Å². The Bertz CT molecular complexity index is 729. The maximum absolute atomic E-state index is 13.0. The highest BCUT2D eigenvalue weighted by Crippen LogP contribution is 2.27. The number of Topliss-reactive ketones (excluding diaryl/α,β-unsaturated/α-hetero) is 1. The van der Waals surface area contributed by atoms with Gasteiger partial charge in [-0.05, 0) is 38.1 Å². The molecule has 0 saturated carbocycles. The molecule has 134 valence electrons. The van der Waals surface area contributed by atoms with Crippen LogP contribution < -0.4 is 4.90 Å². The quantitative estimate of drug-likeness (QED) is 0.580. The Morgan fingerprint density at radius 3 is 2.60 bits per heavy atom. The van der Waals surface area contributed by atoms with E-state index in [9.17, 15) is 9.18 Å². The average Bonchev–Trinajstić information content (AvgIpc) is 3.05. The summed E-state index contributed by atoms with van der Waals surface area (Å²) in [5.41, 5.74) is 0.498. The van der Waals surface area contributed by atoms with Crippen LogP contribution in [0.25, 0.3) is 0 Å². The fourth-order valence-electron chi connectivity index (χ4n) is 2.70. The maximum atomic E-state index is 13.0. The number of hydrogen-bond donors (Lipinski definition) is 0. The van der Waals surface area contributed by atoms with Crippen LogP contribution in [-0.2, 0) is 11.3 Å². The third-order valence-corrected chi connectivity index (χ3v) is 5.17. The van der Waals surface area contributed by atoms with E-state index in [1.807, 2.05) is 18.4 Å². The Balaban J connectivity index is 1.74. The summed E-state index contributed by atoms with van der Waals surface area (Å²) in [5, 5.41) is 8.96. The summed E-state index contributed by atoms with van der Waals surface area (Å²) in [6, 6.07) is 5.63. The minimum absolute atomic E-state index is 0.0522. The molecular formula is C17H21FN4O2S. The van der Waals surface area contributed by atoms with E-state index in [4.69, 9.17) is 4.74 Å². The molecule has 3 rings (SSSR count). The number of ether oxygens (including phenoxy) is 1. The van der Waals surface area contributed by atoms with Crippen LogP contribution in [0.2, 0.25) is 0 Å². The Kier molecular flexibility index (Phi) is 5.70. The number of aromatic nitrogens is 3. The van der Waals surface area contributed by atoms with Gasteiger partial charge in [-0.25, -0.2) is 4.39 Å². The number of thioether (sulfide) groups is 1. The second-order valence-electron chi connectivity index (χ2n) is 5.76. The largest absolute Gasteiger partial charge is 0.378 e. The van der Waals surface area contributed by atoms with Gasteiger partial charge in [-0.2, -0.15) is 0 Å². The van der Waals surface area contributed by atoms with E-state index in [-0.39, 0.29) is 16.9 Å². The molecule has 0 amide bonds. The minimum atomic E-state index is -0.349. The van der Waals surface area contributed by atoms with E-state index in [1.165, 1.54) is 36.0 Å². The molecule has 0 N–H and O–H groups in total. The SMILES string of the molecule is CCn1c(SC(C)C(=O)c2ccc(F)cc2)nnc1N1CCOCC1. The number of anilines is 1. The summed E-state index contributed by atoms with van der Waals surface area (Å²) in [6.45, 7) is 7.51. The van der Waals surface area contributed by atoms with Crippen LogP contribution in [0.5, 0.6) is 0 Å². The zero-order valence-corrected chi connectivity index (χ0v) is 15.1. The molecule has 0 aliphatic carbocycles. The van der Waals surface area contributed by atoms with Crippen LogP contribution in [0, 0.1) is 5.82 Å². The maximum Gasteiger partial charge on any atom is 0.228 e. The van der Waals surface area contributed by atoms with E-state index in [1.54, 1.807) is 0 Å². The predicted octanol–water partition coefficient (Wildman–Crippen LogP) is 2.64. The third-order valence-electron chi connectivity index (χ3n) is 4.09. The standard InChI is InChI=1S/C17H21FN4O2S/c1-3-22-16(21-8-10-24-11-9-21)19-20-17(22)25-12(2)15(23)13-4-6-14(18)7-5-13/h4-7,12H,3,8-11H2,1-2H3. The van der Waals surface area contributed by atoms with E-state index >= 15 is 0 Å². The number of morpholine rings is 1.